The van der Waals surface area contributed by atoms with Crippen LogP contribution in [0.15, 0.2) is 59.4 Å². The fourth-order valence-corrected chi connectivity index (χ4v) is 2.91. The molecule has 1 aliphatic carbocycles. The second-order valence-corrected chi connectivity index (χ2v) is 6.48. The van der Waals surface area contributed by atoms with Crippen LogP contribution in [0.5, 0.6) is 0 Å². The van der Waals surface area contributed by atoms with Crippen LogP contribution in [0, 0.1) is 23.2 Å². The maximum absolute atomic E-state index is 9.66. The Morgan fingerprint density at radius 2 is 1.96 bits per heavy atom. The molecular formula is C21H30N2. The molecule has 0 spiro atoms. The second-order valence-electron chi connectivity index (χ2n) is 6.48. The molecule has 0 heterocycles. The number of allylic oxidation sites excluding steroid dienone is 6. The lowest BCUT2D eigenvalue weighted by Gasteiger charge is -2.26. The molecule has 0 aromatic heterocycles. The maximum atomic E-state index is 9.66. The molecule has 2 heteroatoms. The predicted octanol–water partition coefficient (Wildman–Crippen LogP) is 5.44. The smallest absolute Gasteiger partial charge is 0.139 e. The van der Waals surface area contributed by atoms with Crippen LogP contribution in [0.2, 0.25) is 0 Å². The van der Waals surface area contributed by atoms with Crippen LogP contribution >= 0.6 is 0 Å². The molecule has 0 aliphatic heterocycles. The summed E-state index contributed by atoms with van der Waals surface area (Å²) in [4.78, 5) is 0. The van der Waals surface area contributed by atoms with E-state index in [1.165, 1.54) is 5.57 Å². The van der Waals surface area contributed by atoms with Crippen molar-refractivity contribution in [2.45, 2.75) is 53.5 Å². The van der Waals surface area contributed by atoms with Gasteiger partial charge in [-0.3, -0.25) is 0 Å². The highest BCUT2D eigenvalue weighted by Gasteiger charge is 2.20. The number of rotatable bonds is 7. The molecule has 0 bridgehead atoms. The highest BCUT2D eigenvalue weighted by atomic mass is 14.9. The van der Waals surface area contributed by atoms with Gasteiger partial charge in [-0.1, -0.05) is 64.7 Å². The topological polar surface area (TPSA) is 35.8 Å². The number of nitrogens with zero attached hydrogens (tertiary/aromatic N) is 1. The average molecular weight is 310 g/mol. The van der Waals surface area contributed by atoms with Gasteiger partial charge in [-0.2, -0.15) is 5.26 Å². The molecule has 0 radical (unpaired) electrons. The zero-order valence-electron chi connectivity index (χ0n) is 15.2. The molecule has 124 valence electrons. The summed E-state index contributed by atoms with van der Waals surface area (Å²) in [7, 11) is 0. The third kappa shape index (κ3) is 4.99. The Morgan fingerprint density at radius 3 is 2.35 bits per heavy atom. The predicted molar refractivity (Wildman–Crippen MR) is 99.6 cm³/mol. The Hall–Kier alpha value is -2.01. The number of nitrogens with one attached hydrogen (secondary N) is 1. The summed E-state index contributed by atoms with van der Waals surface area (Å²) in [5.41, 5.74) is 4.50. The summed E-state index contributed by atoms with van der Waals surface area (Å²) in [5.74, 6) is 0.727. The summed E-state index contributed by atoms with van der Waals surface area (Å²) in [6.07, 6.45) is 12.5. The van der Waals surface area contributed by atoms with Crippen molar-refractivity contribution in [3.05, 3.63) is 59.4 Å². The Labute approximate surface area is 142 Å². The van der Waals surface area contributed by atoms with E-state index in [9.17, 15) is 5.26 Å². The lowest BCUT2D eigenvalue weighted by atomic mass is 9.90. The van der Waals surface area contributed by atoms with Crippen LogP contribution in [0.25, 0.3) is 0 Å². The standard InChI is InChI=1S/C21H30N2/c1-7-18(15(3)4)21(19(8-2)16(5)6)23-20(14-22)17-12-10-9-11-13-17/h7-8,10,12-13,15-16,20,23H,1,9,11H2,2-6H3/b19-8-,21-18-. The first kappa shape index (κ1) is 19.0. The highest BCUT2D eigenvalue weighted by molar-refractivity contribution is 5.43. The van der Waals surface area contributed by atoms with Crippen LogP contribution in [0.4, 0.5) is 0 Å². The van der Waals surface area contributed by atoms with Gasteiger partial charge in [0.1, 0.15) is 6.04 Å². The van der Waals surface area contributed by atoms with Gasteiger partial charge < -0.3 is 5.32 Å². The molecule has 0 aromatic carbocycles. The third-order valence-corrected chi connectivity index (χ3v) is 4.13. The minimum absolute atomic E-state index is 0.330. The summed E-state index contributed by atoms with van der Waals surface area (Å²) < 4.78 is 0. The van der Waals surface area contributed by atoms with Crippen LogP contribution in [0.3, 0.4) is 0 Å². The van der Waals surface area contributed by atoms with Crippen LogP contribution in [0.1, 0.15) is 47.5 Å². The van der Waals surface area contributed by atoms with E-state index in [0.717, 1.165) is 29.7 Å². The largest absolute Gasteiger partial charge is 0.366 e. The average Bonchev–Trinajstić information content (AvgIpc) is 2.53. The van der Waals surface area contributed by atoms with E-state index in [1.54, 1.807) is 0 Å². The molecule has 0 amide bonds. The molecule has 0 aromatic rings. The van der Waals surface area contributed by atoms with E-state index in [2.05, 4.69) is 76.9 Å². The molecule has 1 rings (SSSR count). The van der Waals surface area contributed by atoms with Crippen molar-refractivity contribution in [1.82, 2.24) is 5.32 Å². The van der Waals surface area contributed by atoms with E-state index in [-0.39, 0.29) is 6.04 Å². The summed E-state index contributed by atoms with van der Waals surface area (Å²) >= 11 is 0. The van der Waals surface area contributed by atoms with Crippen molar-refractivity contribution in [1.29, 1.82) is 5.26 Å². The molecular weight excluding hydrogens is 280 g/mol. The van der Waals surface area contributed by atoms with Crippen molar-refractivity contribution in [2.75, 3.05) is 0 Å². The second kappa shape index (κ2) is 9.20. The van der Waals surface area contributed by atoms with Gasteiger partial charge in [0.05, 0.1) is 6.07 Å². The molecule has 0 saturated heterocycles. The number of hydrogen-bond donors (Lipinski definition) is 1. The summed E-state index contributed by atoms with van der Waals surface area (Å²) in [6.45, 7) is 14.7. The molecule has 2 nitrogen and oxygen atoms in total. The van der Waals surface area contributed by atoms with Crippen molar-refractivity contribution in [3.63, 3.8) is 0 Å². The first-order valence-electron chi connectivity index (χ1n) is 8.52. The monoisotopic (exact) mass is 310 g/mol. The molecule has 23 heavy (non-hydrogen) atoms. The van der Waals surface area contributed by atoms with Gasteiger partial charge in [-0.05, 0) is 48.3 Å². The Morgan fingerprint density at radius 1 is 1.26 bits per heavy atom. The SMILES string of the molecule is C=C/C(=C(NC(C#N)C1=CCCC=C1)\C(=C/C)C(C)C)C(C)C. The van der Waals surface area contributed by atoms with Crippen LogP contribution < -0.4 is 5.32 Å². The van der Waals surface area contributed by atoms with E-state index < -0.39 is 0 Å². The van der Waals surface area contributed by atoms with Crippen molar-refractivity contribution >= 4 is 0 Å². The fourth-order valence-electron chi connectivity index (χ4n) is 2.91. The normalized spacial score (nSPS) is 17.5. The summed E-state index contributed by atoms with van der Waals surface area (Å²) in [6, 6.07) is 2.08. The van der Waals surface area contributed by atoms with Gasteiger partial charge in [-0.25, -0.2) is 0 Å². The lowest BCUT2D eigenvalue weighted by Crippen LogP contribution is -2.32. The fraction of sp³-hybridized carbons (Fsp3) is 0.476. The minimum atomic E-state index is -0.330. The van der Waals surface area contributed by atoms with Crippen molar-refractivity contribution in [3.8, 4) is 6.07 Å². The molecule has 0 fully saturated rings. The van der Waals surface area contributed by atoms with Crippen molar-refractivity contribution < 1.29 is 0 Å². The molecule has 1 atom stereocenters. The first-order chi connectivity index (χ1) is 11.0. The van der Waals surface area contributed by atoms with Gasteiger partial charge in [0.25, 0.3) is 0 Å². The van der Waals surface area contributed by atoms with Crippen molar-refractivity contribution in [2.24, 2.45) is 11.8 Å². The zero-order valence-corrected chi connectivity index (χ0v) is 15.2. The van der Waals surface area contributed by atoms with Crippen LogP contribution in [-0.2, 0) is 0 Å². The zero-order chi connectivity index (χ0) is 17.4. The van der Waals surface area contributed by atoms with Gasteiger partial charge in [0, 0.05) is 5.70 Å². The molecule has 1 aliphatic rings. The third-order valence-electron chi connectivity index (χ3n) is 4.13. The quantitative estimate of drug-likeness (QED) is 0.635. The maximum Gasteiger partial charge on any atom is 0.139 e. The molecule has 0 saturated carbocycles. The lowest BCUT2D eigenvalue weighted by molar-refractivity contribution is 0.674. The highest BCUT2D eigenvalue weighted by Crippen LogP contribution is 2.27. The molecule has 1 N–H and O–H groups in total. The van der Waals surface area contributed by atoms with E-state index in [1.807, 2.05) is 6.08 Å². The van der Waals surface area contributed by atoms with Gasteiger partial charge in [0.2, 0.25) is 0 Å². The van der Waals surface area contributed by atoms with E-state index >= 15 is 0 Å². The Kier molecular flexibility index (Phi) is 7.62. The number of nitriles is 1. The first-order valence-corrected chi connectivity index (χ1v) is 8.52. The van der Waals surface area contributed by atoms with Gasteiger partial charge in [-0.15, -0.1) is 0 Å². The Bertz CT molecular complexity index is 577. The minimum Gasteiger partial charge on any atom is -0.366 e. The van der Waals surface area contributed by atoms with E-state index in [4.69, 9.17) is 0 Å². The number of hydrogen-bond acceptors (Lipinski definition) is 2. The van der Waals surface area contributed by atoms with Gasteiger partial charge in [0.15, 0.2) is 0 Å². The van der Waals surface area contributed by atoms with E-state index in [0.29, 0.717) is 11.8 Å². The van der Waals surface area contributed by atoms with Crippen LogP contribution in [-0.4, -0.2) is 6.04 Å². The van der Waals surface area contributed by atoms with Gasteiger partial charge >= 0.3 is 0 Å². The molecule has 1 unspecified atom stereocenters. The Balaban J connectivity index is 3.30. The summed E-state index contributed by atoms with van der Waals surface area (Å²) in [5, 5.41) is 13.2.